The molecule has 2 aromatic carbocycles. The Labute approximate surface area is 132 Å². The van der Waals surface area contributed by atoms with E-state index >= 15 is 0 Å². The highest BCUT2D eigenvalue weighted by molar-refractivity contribution is 5.86. The van der Waals surface area contributed by atoms with Crippen molar-refractivity contribution in [1.82, 2.24) is 0 Å². The fraction of sp³-hybridized carbons (Fsp3) is 0.167. The van der Waals surface area contributed by atoms with Crippen molar-refractivity contribution in [3.8, 4) is 17.2 Å². The largest absolute Gasteiger partial charge is 0.497 e. The normalized spacial score (nSPS) is 12.6. The fourth-order valence-electron chi connectivity index (χ4n) is 2.68. The highest BCUT2D eigenvalue weighted by Crippen LogP contribution is 2.38. The van der Waals surface area contributed by atoms with E-state index in [4.69, 9.17) is 18.6 Å². The fourth-order valence-corrected chi connectivity index (χ4v) is 2.68. The monoisotopic (exact) mass is 310 g/mol. The molecule has 23 heavy (non-hydrogen) atoms. The summed E-state index contributed by atoms with van der Waals surface area (Å²) in [6.45, 7) is 0.145. The molecule has 0 fully saturated rings. The predicted molar refractivity (Wildman–Crippen MR) is 84.4 cm³/mol. The molecular weight excluding hydrogens is 296 g/mol. The molecule has 0 unspecified atom stereocenters. The van der Waals surface area contributed by atoms with Crippen LogP contribution in [0.25, 0.3) is 11.0 Å². The molecule has 0 amide bonds. The molecule has 116 valence electrons. The van der Waals surface area contributed by atoms with Gasteiger partial charge < -0.3 is 18.6 Å². The van der Waals surface area contributed by atoms with Crippen molar-refractivity contribution < 1.29 is 18.6 Å². The van der Waals surface area contributed by atoms with Crippen LogP contribution in [-0.2, 0) is 6.42 Å². The minimum absolute atomic E-state index is 0.0552. The van der Waals surface area contributed by atoms with E-state index in [2.05, 4.69) is 0 Å². The van der Waals surface area contributed by atoms with E-state index in [0.717, 1.165) is 11.3 Å². The number of hydrogen-bond donors (Lipinski definition) is 0. The van der Waals surface area contributed by atoms with Gasteiger partial charge in [0, 0.05) is 12.0 Å². The zero-order valence-corrected chi connectivity index (χ0v) is 12.5. The molecule has 0 bridgehead atoms. The third-order valence-corrected chi connectivity index (χ3v) is 3.90. The van der Waals surface area contributed by atoms with E-state index in [1.54, 1.807) is 19.2 Å². The summed E-state index contributed by atoms with van der Waals surface area (Å²) >= 11 is 0. The van der Waals surface area contributed by atoms with Crippen LogP contribution in [0.15, 0.2) is 51.9 Å². The van der Waals surface area contributed by atoms with Crippen LogP contribution in [0, 0.1) is 0 Å². The zero-order chi connectivity index (χ0) is 15.8. The lowest BCUT2D eigenvalue weighted by molar-refractivity contribution is 0.174. The molecule has 0 spiro atoms. The van der Waals surface area contributed by atoms with E-state index in [1.807, 2.05) is 24.3 Å². The number of benzene rings is 2. The average Bonchev–Trinajstić information content (AvgIpc) is 3.07. The lowest BCUT2D eigenvalue weighted by Crippen LogP contribution is -2.09. The van der Waals surface area contributed by atoms with Crippen LogP contribution in [0.4, 0.5) is 0 Å². The first kappa shape index (κ1) is 13.7. The molecule has 0 saturated heterocycles. The van der Waals surface area contributed by atoms with Gasteiger partial charge in [0.05, 0.1) is 18.8 Å². The minimum Gasteiger partial charge on any atom is -0.497 e. The van der Waals surface area contributed by atoms with Crippen molar-refractivity contribution in [1.29, 1.82) is 0 Å². The Morgan fingerprint density at radius 2 is 1.91 bits per heavy atom. The van der Waals surface area contributed by atoms with Crippen molar-refractivity contribution >= 4 is 11.0 Å². The van der Waals surface area contributed by atoms with Gasteiger partial charge in [-0.3, -0.25) is 4.79 Å². The Kier molecular flexibility index (Phi) is 3.19. The maximum atomic E-state index is 12.7. The van der Waals surface area contributed by atoms with Gasteiger partial charge in [-0.15, -0.1) is 0 Å². The molecule has 3 aromatic rings. The van der Waals surface area contributed by atoms with Gasteiger partial charge in [-0.2, -0.15) is 0 Å². The lowest BCUT2D eigenvalue weighted by atomic mass is 10.0. The molecule has 1 aliphatic rings. The summed E-state index contributed by atoms with van der Waals surface area (Å²) < 4.78 is 21.5. The molecular formula is C18H14O5. The van der Waals surface area contributed by atoms with Crippen LogP contribution in [0.3, 0.4) is 0 Å². The standard InChI is InChI=1S/C18H14O5/c1-20-13-4-2-11(3-5-13)8-12-9-21-17-14(16(12)19)6-7-15-18(17)23-10-22-15/h2-7,9H,8,10H2,1H3. The van der Waals surface area contributed by atoms with Gasteiger partial charge in [0.15, 0.2) is 16.8 Å². The molecule has 4 rings (SSSR count). The van der Waals surface area contributed by atoms with Crippen LogP contribution in [0.5, 0.6) is 17.2 Å². The van der Waals surface area contributed by atoms with Gasteiger partial charge in [0.2, 0.25) is 12.5 Å². The van der Waals surface area contributed by atoms with Crippen LogP contribution >= 0.6 is 0 Å². The highest BCUT2D eigenvalue weighted by atomic mass is 16.7. The van der Waals surface area contributed by atoms with Crippen molar-refractivity contribution in [3.63, 3.8) is 0 Å². The maximum absolute atomic E-state index is 12.7. The molecule has 0 radical (unpaired) electrons. The molecule has 5 heteroatoms. The lowest BCUT2D eigenvalue weighted by Gasteiger charge is -2.05. The van der Waals surface area contributed by atoms with Gasteiger partial charge in [0.25, 0.3) is 0 Å². The second-order valence-corrected chi connectivity index (χ2v) is 5.29. The summed E-state index contributed by atoms with van der Waals surface area (Å²) in [5, 5.41) is 0.500. The average molecular weight is 310 g/mol. The second kappa shape index (κ2) is 5.35. The van der Waals surface area contributed by atoms with Crippen LogP contribution in [-0.4, -0.2) is 13.9 Å². The SMILES string of the molecule is COc1ccc(Cc2coc3c4c(ccc3c2=O)OCO4)cc1. The first-order valence-corrected chi connectivity index (χ1v) is 7.22. The number of fused-ring (bicyclic) bond motifs is 3. The van der Waals surface area contributed by atoms with Gasteiger partial charge in [-0.1, -0.05) is 12.1 Å². The topological polar surface area (TPSA) is 57.9 Å². The molecule has 0 saturated carbocycles. The predicted octanol–water partition coefficient (Wildman–Crippen LogP) is 3.12. The third kappa shape index (κ3) is 2.30. The molecule has 1 aromatic heterocycles. The quantitative estimate of drug-likeness (QED) is 0.744. The summed E-state index contributed by atoms with van der Waals surface area (Å²) in [5.74, 6) is 1.88. The van der Waals surface area contributed by atoms with Gasteiger partial charge in [-0.05, 0) is 29.8 Å². The van der Waals surface area contributed by atoms with Crippen LogP contribution in [0.1, 0.15) is 11.1 Å². The van der Waals surface area contributed by atoms with E-state index < -0.39 is 0 Å². The summed E-state index contributed by atoms with van der Waals surface area (Å²) in [7, 11) is 1.62. The number of rotatable bonds is 3. The van der Waals surface area contributed by atoms with Crippen molar-refractivity contribution in [3.05, 3.63) is 64.0 Å². The Bertz CT molecular complexity index is 925. The summed E-state index contributed by atoms with van der Waals surface area (Å²) in [6.07, 6.45) is 1.99. The molecule has 2 heterocycles. The first-order chi connectivity index (χ1) is 11.3. The molecule has 1 aliphatic heterocycles. The van der Waals surface area contributed by atoms with Crippen molar-refractivity contribution in [2.45, 2.75) is 6.42 Å². The summed E-state index contributed by atoms with van der Waals surface area (Å²) in [4.78, 5) is 12.7. The smallest absolute Gasteiger partial charge is 0.231 e. The summed E-state index contributed by atoms with van der Waals surface area (Å²) in [5.41, 5.74) is 1.99. The minimum atomic E-state index is -0.0552. The maximum Gasteiger partial charge on any atom is 0.231 e. The number of hydrogen-bond acceptors (Lipinski definition) is 5. The van der Waals surface area contributed by atoms with Crippen LogP contribution < -0.4 is 19.6 Å². The van der Waals surface area contributed by atoms with E-state index in [-0.39, 0.29) is 12.2 Å². The van der Waals surface area contributed by atoms with E-state index in [0.29, 0.717) is 34.5 Å². The van der Waals surface area contributed by atoms with Gasteiger partial charge in [0.1, 0.15) is 5.75 Å². The number of methoxy groups -OCH3 is 1. The van der Waals surface area contributed by atoms with Gasteiger partial charge in [-0.25, -0.2) is 0 Å². The van der Waals surface area contributed by atoms with E-state index in [9.17, 15) is 4.79 Å². The molecule has 5 nitrogen and oxygen atoms in total. The Balaban J connectivity index is 1.74. The third-order valence-electron chi connectivity index (χ3n) is 3.90. The first-order valence-electron chi connectivity index (χ1n) is 7.22. The van der Waals surface area contributed by atoms with E-state index in [1.165, 1.54) is 6.26 Å². The Hall–Kier alpha value is -2.95. The number of ether oxygens (including phenoxy) is 3. The molecule has 0 atom stereocenters. The zero-order valence-electron chi connectivity index (χ0n) is 12.5. The Morgan fingerprint density at radius 3 is 2.70 bits per heavy atom. The molecule has 0 aliphatic carbocycles. The summed E-state index contributed by atoms with van der Waals surface area (Å²) in [6, 6.07) is 11.1. The van der Waals surface area contributed by atoms with Crippen LogP contribution in [0.2, 0.25) is 0 Å². The van der Waals surface area contributed by atoms with Gasteiger partial charge >= 0.3 is 0 Å². The Morgan fingerprint density at radius 1 is 1.09 bits per heavy atom. The second-order valence-electron chi connectivity index (χ2n) is 5.29. The van der Waals surface area contributed by atoms with Crippen molar-refractivity contribution in [2.75, 3.05) is 13.9 Å². The highest BCUT2D eigenvalue weighted by Gasteiger charge is 2.20. The van der Waals surface area contributed by atoms with Crippen molar-refractivity contribution in [2.24, 2.45) is 0 Å². The molecule has 0 N–H and O–H groups in total.